The summed E-state index contributed by atoms with van der Waals surface area (Å²) >= 11 is 0. The van der Waals surface area contributed by atoms with Crippen molar-refractivity contribution in [1.82, 2.24) is 9.55 Å². The Bertz CT molecular complexity index is 619. The molecule has 1 aromatic carbocycles. The molecule has 0 aliphatic heterocycles. The summed E-state index contributed by atoms with van der Waals surface area (Å²) in [5.41, 5.74) is 1.78. The van der Waals surface area contributed by atoms with Crippen molar-refractivity contribution in [3.8, 4) is 0 Å². The molecule has 1 heterocycles. The van der Waals surface area contributed by atoms with Crippen molar-refractivity contribution < 1.29 is 14.6 Å². The number of ether oxygens (including phenoxy) is 1. The fraction of sp³-hybridized carbons (Fsp3) is 0.500. The highest BCUT2D eigenvalue weighted by molar-refractivity contribution is 6.01. The second-order valence-corrected chi connectivity index (χ2v) is 4.98. The topological polar surface area (TPSA) is 64.4 Å². The molecule has 2 rings (SSSR count). The second kappa shape index (κ2) is 7.22. The van der Waals surface area contributed by atoms with Gasteiger partial charge >= 0.3 is 5.97 Å². The van der Waals surface area contributed by atoms with Gasteiger partial charge in [0.15, 0.2) is 0 Å². The summed E-state index contributed by atoms with van der Waals surface area (Å²) in [6.07, 6.45) is 2.65. The number of hydrogen-bond acceptors (Lipinski definition) is 3. The van der Waals surface area contributed by atoms with Gasteiger partial charge in [-0.05, 0) is 25.0 Å². The summed E-state index contributed by atoms with van der Waals surface area (Å²) in [6, 6.07) is 5.24. The van der Waals surface area contributed by atoms with Gasteiger partial charge in [-0.3, -0.25) is 0 Å². The molecule has 0 atom stereocenters. The number of fused-ring (bicyclic) bond motifs is 1. The average molecular weight is 290 g/mol. The van der Waals surface area contributed by atoms with Crippen LogP contribution < -0.4 is 0 Å². The van der Waals surface area contributed by atoms with E-state index in [2.05, 4.69) is 11.9 Å². The van der Waals surface area contributed by atoms with Gasteiger partial charge in [-0.1, -0.05) is 19.9 Å². The van der Waals surface area contributed by atoms with Gasteiger partial charge in [0, 0.05) is 26.2 Å². The molecular weight excluding hydrogens is 268 g/mol. The summed E-state index contributed by atoms with van der Waals surface area (Å²) in [5, 5.41) is 9.37. The van der Waals surface area contributed by atoms with Crippen LogP contribution in [0.15, 0.2) is 18.2 Å². The Morgan fingerprint density at radius 1 is 1.33 bits per heavy atom. The predicted molar refractivity (Wildman–Crippen MR) is 81.8 cm³/mol. The fourth-order valence-corrected chi connectivity index (χ4v) is 2.49. The van der Waals surface area contributed by atoms with Gasteiger partial charge in [0.1, 0.15) is 5.82 Å². The summed E-state index contributed by atoms with van der Waals surface area (Å²) in [7, 11) is 0. The zero-order valence-electron chi connectivity index (χ0n) is 12.6. The van der Waals surface area contributed by atoms with Gasteiger partial charge in [-0.2, -0.15) is 0 Å². The van der Waals surface area contributed by atoms with Crippen molar-refractivity contribution >= 4 is 17.0 Å². The number of hydrogen-bond donors (Lipinski definition) is 1. The van der Waals surface area contributed by atoms with Gasteiger partial charge in [-0.25, -0.2) is 9.78 Å². The maximum Gasteiger partial charge on any atom is 0.337 e. The van der Waals surface area contributed by atoms with Crippen LogP contribution in [0.1, 0.15) is 42.9 Å². The van der Waals surface area contributed by atoms with Gasteiger partial charge < -0.3 is 14.4 Å². The minimum absolute atomic E-state index is 0.314. The molecule has 0 saturated heterocycles. The molecule has 0 aliphatic carbocycles. The number of imidazole rings is 1. The Labute approximate surface area is 124 Å². The fourth-order valence-electron chi connectivity index (χ4n) is 2.49. The van der Waals surface area contributed by atoms with Crippen molar-refractivity contribution in [1.29, 1.82) is 0 Å². The monoisotopic (exact) mass is 290 g/mol. The second-order valence-electron chi connectivity index (χ2n) is 4.98. The number of nitrogens with zero attached hydrogens (tertiary/aromatic N) is 2. The molecule has 2 aromatic rings. The number of aromatic carboxylic acids is 1. The van der Waals surface area contributed by atoms with Crippen LogP contribution in [0.3, 0.4) is 0 Å². The number of aromatic nitrogens is 2. The third-order valence-corrected chi connectivity index (χ3v) is 3.41. The lowest BCUT2D eigenvalue weighted by Gasteiger charge is -2.10. The third-order valence-electron chi connectivity index (χ3n) is 3.41. The molecule has 5 nitrogen and oxygen atoms in total. The van der Waals surface area contributed by atoms with Crippen LogP contribution in [0.25, 0.3) is 11.0 Å². The highest BCUT2D eigenvalue weighted by atomic mass is 16.5. The minimum Gasteiger partial charge on any atom is -0.478 e. The van der Waals surface area contributed by atoms with E-state index in [4.69, 9.17) is 4.74 Å². The molecule has 114 valence electrons. The van der Waals surface area contributed by atoms with E-state index < -0.39 is 5.97 Å². The Balaban J connectivity index is 2.29. The van der Waals surface area contributed by atoms with Crippen LogP contribution in [0.5, 0.6) is 0 Å². The van der Waals surface area contributed by atoms with Crippen molar-refractivity contribution in [2.45, 2.75) is 39.7 Å². The van der Waals surface area contributed by atoms with Crippen LogP contribution in [-0.4, -0.2) is 33.8 Å². The number of rotatable bonds is 8. The Hall–Kier alpha value is -1.88. The lowest BCUT2D eigenvalue weighted by molar-refractivity contribution is 0.0698. The molecular formula is C16H22N2O3. The molecule has 0 radical (unpaired) electrons. The molecule has 0 fully saturated rings. The van der Waals surface area contributed by atoms with E-state index in [-0.39, 0.29) is 0 Å². The number of carbonyl (C=O) groups is 1. The number of para-hydroxylation sites is 1. The smallest absolute Gasteiger partial charge is 0.337 e. The van der Waals surface area contributed by atoms with Crippen molar-refractivity contribution in [2.24, 2.45) is 0 Å². The highest BCUT2D eigenvalue weighted by Crippen LogP contribution is 2.21. The SMILES string of the molecule is CCCOCCCn1c(CC)nc2cccc(C(=O)O)c21. The largest absolute Gasteiger partial charge is 0.478 e. The first-order valence-electron chi connectivity index (χ1n) is 7.48. The van der Waals surface area contributed by atoms with Gasteiger partial charge in [0.2, 0.25) is 0 Å². The van der Waals surface area contributed by atoms with E-state index in [1.807, 2.05) is 17.6 Å². The highest BCUT2D eigenvalue weighted by Gasteiger charge is 2.16. The standard InChI is InChI=1S/C16H22N2O3/c1-3-10-21-11-6-9-18-14(4-2)17-13-8-5-7-12(15(13)18)16(19)20/h5,7-8H,3-4,6,9-11H2,1-2H3,(H,19,20). The average Bonchev–Trinajstić information content (AvgIpc) is 2.84. The summed E-state index contributed by atoms with van der Waals surface area (Å²) in [4.78, 5) is 16.0. The molecule has 0 saturated carbocycles. The molecule has 0 spiro atoms. The molecule has 0 unspecified atom stereocenters. The van der Waals surface area contributed by atoms with E-state index in [0.717, 1.165) is 49.3 Å². The lowest BCUT2D eigenvalue weighted by atomic mass is 10.2. The molecule has 21 heavy (non-hydrogen) atoms. The van der Waals surface area contributed by atoms with Crippen LogP contribution >= 0.6 is 0 Å². The number of carboxylic acid groups (broad SMARTS) is 1. The first-order chi connectivity index (χ1) is 10.2. The van der Waals surface area contributed by atoms with E-state index in [9.17, 15) is 9.90 Å². The first kappa shape index (κ1) is 15.5. The minimum atomic E-state index is -0.911. The van der Waals surface area contributed by atoms with Crippen molar-refractivity contribution in [2.75, 3.05) is 13.2 Å². The molecule has 0 aliphatic rings. The van der Waals surface area contributed by atoms with Crippen LogP contribution in [0, 0.1) is 0 Å². The summed E-state index contributed by atoms with van der Waals surface area (Å²) < 4.78 is 7.52. The van der Waals surface area contributed by atoms with Crippen LogP contribution in [0.4, 0.5) is 0 Å². The van der Waals surface area contributed by atoms with E-state index in [1.165, 1.54) is 0 Å². The maximum absolute atomic E-state index is 11.4. The van der Waals surface area contributed by atoms with E-state index in [1.54, 1.807) is 12.1 Å². The van der Waals surface area contributed by atoms with E-state index >= 15 is 0 Å². The predicted octanol–water partition coefficient (Wildman–Crippen LogP) is 3.11. The van der Waals surface area contributed by atoms with Crippen molar-refractivity contribution in [3.05, 3.63) is 29.6 Å². The Morgan fingerprint density at radius 3 is 2.81 bits per heavy atom. The normalized spacial score (nSPS) is 11.1. The molecule has 1 N–H and O–H groups in total. The molecule has 0 amide bonds. The zero-order chi connectivity index (χ0) is 15.2. The maximum atomic E-state index is 11.4. The zero-order valence-corrected chi connectivity index (χ0v) is 12.6. The molecule has 1 aromatic heterocycles. The van der Waals surface area contributed by atoms with E-state index in [0.29, 0.717) is 12.2 Å². The van der Waals surface area contributed by atoms with Gasteiger partial charge in [0.25, 0.3) is 0 Å². The van der Waals surface area contributed by atoms with Crippen LogP contribution in [0.2, 0.25) is 0 Å². The third kappa shape index (κ3) is 3.42. The number of carboxylic acids is 1. The van der Waals surface area contributed by atoms with Crippen molar-refractivity contribution in [3.63, 3.8) is 0 Å². The summed E-state index contributed by atoms with van der Waals surface area (Å²) in [6.45, 7) is 6.30. The van der Waals surface area contributed by atoms with Crippen LogP contribution in [-0.2, 0) is 17.7 Å². The molecule has 0 bridgehead atoms. The first-order valence-corrected chi connectivity index (χ1v) is 7.48. The number of aryl methyl sites for hydroxylation is 2. The number of benzene rings is 1. The molecule has 5 heteroatoms. The lowest BCUT2D eigenvalue weighted by Crippen LogP contribution is -2.09. The Morgan fingerprint density at radius 2 is 2.14 bits per heavy atom. The van der Waals surface area contributed by atoms with Gasteiger partial charge in [-0.15, -0.1) is 0 Å². The Kier molecular flexibility index (Phi) is 5.33. The van der Waals surface area contributed by atoms with Gasteiger partial charge in [0.05, 0.1) is 16.6 Å². The quantitative estimate of drug-likeness (QED) is 0.759. The summed E-state index contributed by atoms with van der Waals surface area (Å²) in [5.74, 6) is 0.0147.